The molecule has 1 atom stereocenters. The standard InChI is InChI=1S/C13H29N/c1-5-9-13(11-14-10-6-2)12(7-3)8-4/h12-14H,5-11H2,1-4H3. The van der Waals surface area contributed by atoms with Crippen LogP contribution in [-0.4, -0.2) is 13.1 Å². The van der Waals surface area contributed by atoms with Crippen LogP contribution in [0.2, 0.25) is 0 Å². The third kappa shape index (κ3) is 5.64. The highest BCUT2D eigenvalue weighted by molar-refractivity contribution is 4.70. The molecule has 0 fully saturated rings. The largest absolute Gasteiger partial charge is 0.316 e. The van der Waals surface area contributed by atoms with Crippen LogP contribution < -0.4 is 5.32 Å². The molecule has 0 saturated heterocycles. The first-order chi connectivity index (χ1) is 6.79. The molecule has 86 valence electrons. The van der Waals surface area contributed by atoms with Gasteiger partial charge in [0.1, 0.15) is 0 Å². The van der Waals surface area contributed by atoms with Crippen molar-refractivity contribution in [3.63, 3.8) is 0 Å². The summed E-state index contributed by atoms with van der Waals surface area (Å²) < 4.78 is 0. The van der Waals surface area contributed by atoms with Crippen molar-refractivity contribution in [2.45, 2.75) is 59.8 Å². The van der Waals surface area contributed by atoms with Gasteiger partial charge in [0, 0.05) is 0 Å². The highest BCUT2D eigenvalue weighted by atomic mass is 14.9. The number of hydrogen-bond donors (Lipinski definition) is 1. The van der Waals surface area contributed by atoms with Crippen LogP contribution >= 0.6 is 0 Å². The molecule has 0 aliphatic carbocycles. The molecule has 0 aromatic carbocycles. The first-order valence-electron chi connectivity index (χ1n) is 6.50. The monoisotopic (exact) mass is 199 g/mol. The molecule has 0 amide bonds. The van der Waals surface area contributed by atoms with Crippen molar-refractivity contribution >= 4 is 0 Å². The Bertz CT molecular complexity index is 108. The lowest BCUT2D eigenvalue weighted by molar-refractivity contribution is 0.281. The molecule has 1 N–H and O–H groups in total. The van der Waals surface area contributed by atoms with Crippen molar-refractivity contribution in [2.24, 2.45) is 11.8 Å². The Labute approximate surface area is 90.7 Å². The van der Waals surface area contributed by atoms with Crippen LogP contribution in [0.25, 0.3) is 0 Å². The van der Waals surface area contributed by atoms with Gasteiger partial charge in [-0.15, -0.1) is 0 Å². The van der Waals surface area contributed by atoms with Gasteiger partial charge >= 0.3 is 0 Å². The highest BCUT2D eigenvalue weighted by Crippen LogP contribution is 2.23. The lowest BCUT2D eigenvalue weighted by Gasteiger charge is -2.25. The molecule has 0 bridgehead atoms. The molecule has 0 rings (SSSR count). The molecule has 0 radical (unpaired) electrons. The quantitative estimate of drug-likeness (QED) is 0.556. The Kier molecular flexibility index (Phi) is 9.49. The Morgan fingerprint density at radius 3 is 1.93 bits per heavy atom. The highest BCUT2D eigenvalue weighted by Gasteiger charge is 2.16. The molecule has 1 heteroatoms. The number of nitrogens with one attached hydrogen (secondary N) is 1. The predicted octanol–water partition coefficient (Wildman–Crippen LogP) is 3.84. The first-order valence-corrected chi connectivity index (χ1v) is 6.50. The second-order valence-corrected chi connectivity index (χ2v) is 4.33. The normalized spacial score (nSPS) is 13.5. The molecule has 0 aliphatic rings. The summed E-state index contributed by atoms with van der Waals surface area (Å²) in [7, 11) is 0. The molecule has 0 spiro atoms. The van der Waals surface area contributed by atoms with Crippen LogP contribution in [0.5, 0.6) is 0 Å². The fourth-order valence-electron chi connectivity index (χ4n) is 2.29. The SMILES string of the molecule is CCCNCC(CCC)C(CC)CC. The summed E-state index contributed by atoms with van der Waals surface area (Å²) in [6.45, 7) is 11.6. The third-order valence-corrected chi connectivity index (χ3v) is 3.21. The van der Waals surface area contributed by atoms with Crippen molar-refractivity contribution in [3.05, 3.63) is 0 Å². The van der Waals surface area contributed by atoms with E-state index >= 15 is 0 Å². The smallest absolute Gasteiger partial charge is 0.00179 e. The number of hydrogen-bond acceptors (Lipinski definition) is 1. The average molecular weight is 199 g/mol. The maximum absolute atomic E-state index is 3.57. The van der Waals surface area contributed by atoms with Gasteiger partial charge in [-0.25, -0.2) is 0 Å². The van der Waals surface area contributed by atoms with Crippen LogP contribution in [0, 0.1) is 11.8 Å². The van der Waals surface area contributed by atoms with Gasteiger partial charge in [-0.2, -0.15) is 0 Å². The van der Waals surface area contributed by atoms with Gasteiger partial charge in [-0.1, -0.05) is 47.0 Å². The average Bonchev–Trinajstić information content (AvgIpc) is 2.20. The first kappa shape index (κ1) is 14.0. The zero-order valence-corrected chi connectivity index (χ0v) is 10.6. The molecule has 1 nitrogen and oxygen atoms in total. The van der Waals surface area contributed by atoms with E-state index in [1.165, 1.54) is 45.2 Å². The van der Waals surface area contributed by atoms with E-state index in [2.05, 4.69) is 33.0 Å². The fraction of sp³-hybridized carbons (Fsp3) is 1.00. The summed E-state index contributed by atoms with van der Waals surface area (Å²) in [5.41, 5.74) is 0. The van der Waals surface area contributed by atoms with E-state index in [9.17, 15) is 0 Å². The summed E-state index contributed by atoms with van der Waals surface area (Å²) in [6, 6.07) is 0. The fourth-order valence-corrected chi connectivity index (χ4v) is 2.29. The molecule has 0 saturated carbocycles. The lowest BCUT2D eigenvalue weighted by Crippen LogP contribution is -2.28. The van der Waals surface area contributed by atoms with Crippen LogP contribution in [0.3, 0.4) is 0 Å². The molecule has 0 heterocycles. The summed E-state index contributed by atoms with van der Waals surface area (Å²) in [5, 5.41) is 3.57. The summed E-state index contributed by atoms with van der Waals surface area (Å²) in [5.74, 6) is 1.83. The maximum atomic E-state index is 3.57. The van der Waals surface area contributed by atoms with Crippen molar-refractivity contribution in [2.75, 3.05) is 13.1 Å². The molecule has 0 aromatic heterocycles. The molecule has 0 aromatic rings. The molecule has 1 unspecified atom stereocenters. The van der Waals surface area contributed by atoms with Crippen LogP contribution in [0.4, 0.5) is 0 Å². The van der Waals surface area contributed by atoms with Crippen molar-refractivity contribution in [1.29, 1.82) is 0 Å². The number of rotatable bonds is 9. The van der Waals surface area contributed by atoms with Crippen molar-refractivity contribution in [1.82, 2.24) is 5.32 Å². The summed E-state index contributed by atoms with van der Waals surface area (Å²) in [6.07, 6.45) is 6.66. The van der Waals surface area contributed by atoms with Gasteiger partial charge in [0.2, 0.25) is 0 Å². The minimum atomic E-state index is 0.904. The zero-order valence-electron chi connectivity index (χ0n) is 10.6. The van der Waals surface area contributed by atoms with Crippen LogP contribution in [-0.2, 0) is 0 Å². The van der Waals surface area contributed by atoms with Crippen molar-refractivity contribution < 1.29 is 0 Å². The van der Waals surface area contributed by atoms with Crippen LogP contribution in [0.15, 0.2) is 0 Å². The Morgan fingerprint density at radius 2 is 1.50 bits per heavy atom. The van der Waals surface area contributed by atoms with E-state index in [1.807, 2.05) is 0 Å². The zero-order chi connectivity index (χ0) is 10.8. The molecular formula is C13H29N. The minimum absolute atomic E-state index is 0.904. The van der Waals surface area contributed by atoms with Gasteiger partial charge in [-0.3, -0.25) is 0 Å². The molecule has 0 aliphatic heterocycles. The van der Waals surface area contributed by atoms with E-state index in [4.69, 9.17) is 0 Å². The predicted molar refractivity (Wildman–Crippen MR) is 65.6 cm³/mol. The topological polar surface area (TPSA) is 12.0 Å². The van der Waals surface area contributed by atoms with Gasteiger partial charge in [0.15, 0.2) is 0 Å². The van der Waals surface area contributed by atoms with Crippen molar-refractivity contribution in [3.8, 4) is 0 Å². The summed E-state index contributed by atoms with van der Waals surface area (Å²) >= 11 is 0. The van der Waals surface area contributed by atoms with E-state index in [0.29, 0.717) is 0 Å². The van der Waals surface area contributed by atoms with Gasteiger partial charge in [-0.05, 0) is 37.8 Å². The van der Waals surface area contributed by atoms with E-state index in [0.717, 1.165) is 11.8 Å². The maximum Gasteiger partial charge on any atom is -0.00179 e. The van der Waals surface area contributed by atoms with Crippen LogP contribution in [0.1, 0.15) is 59.8 Å². The van der Waals surface area contributed by atoms with Gasteiger partial charge in [0.25, 0.3) is 0 Å². The van der Waals surface area contributed by atoms with E-state index in [-0.39, 0.29) is 0 Å². The van der Waals surface area contributed by atoms with Gasteiger partial charge in [0.05, 0.1) is 0 Å². The van der Waals surface area contributed by atoms with Gasteiger partial charge < -0.3 is 5.32 Å². The second kappa shape index (κ2) is 9.51. The molecular weight excluding hydrogens is 170 g/mol. The Hall–Kier alpha value is -0.0400. The Balaban J connectivity index is 3.85. The summed E-state index contributed by atoms with van der Waals surface area (Å²) in [4.78, 5) is 0. The molecule has 14 heavy (non-hydrogen) atoms. The Morgan fingerprint density at radius 1 is 0.857 bits per heavy atom. The lowest BCUT2D eigenvalue weighted by atomic mass is 9.84. The minimum Gasteiger partial charge on any atom is -0.316 e. The third-order valence-electron chi connectivity index (χ3n) is 3.21. The second-order valence-electron chi connectivity index (χ2n) is 4.33. The van der Waals surface area contributed by atoms with E-state index in [1.54, 1.807) is 0 Å². The van der Waals surface area contributed by atoms with E-state index < -0.39 is 0 Å².